The molecule has 1 fully saturated rings. The fraction of sp³-hybridized carbons (Fsp3) is 0.545. The fourth-order valence-electron chi connectivity index (χ4n) is 1.87. The van der Waals surface area contributed by atoms with Crippen molar-refractivity contribution in [1.29, 1.82) is 0 Å². The van der Waals surface area contributed by atoms with Crippen LogP contribution in [-0.4, -0.2) is 43.6 Å². The van der Waals surface area contributed by atoms with Crippen molar-refractivity contribution in [3.05, 3.63) is 16.3 Å². The summed E-state index contributed by atoms with van der Waals surface area (Å²) in [5.41, 5.74) is 0. The number of nitrogens with one attached hydrogen (secondary N) is 1. The van der Waals surface area contributed by atoms with Gasteiger partial charge in [0.1, 0.15) is 10.6 Å². The molecule has 17 heavy (non-hydrogen) atoms. The molecular weight excluding hydrogens is 260 g/mol. The first-order chi connectivity index (χ1) is 7.72. The van der Waals surface area contributed by atoms with Crippen LogP contribution >= 0.6 is 23.7 Å². The zero-order valence-electron chi connectivity index (χ0n) is 9.93. The number of halogens is 1. The van der Waals surface area contributed by atoms with Crippen LogP contribution in [0.4, 0.5) is 0 Å². The Bertz CT molecular complexity index is 383. The van der Waals surface area contributed by atoms with Crippen LogP contribution in [0.25, 0.3) is 0 Å². The number of methoxy groups -OCH3 is 1. The van der Waals surface area contributed by atoms with Crippen LogP contribution in [0, 0.1) is 0 Å². The van der Waals surface area contributed by atoms with E-state index in [4.69, 9.17) is 4.74 Å². The summed E-state index contributed by atoms with van der Waals surface area (Å²) in [6, 6.07) is 2.20. The average Bonchev–Trinajstić information content (AvgIpc) is 2.76. The van der Waals surface area contributed by atoms with Gasteiger partial charge in [-0.1, -0.05) is 0 Å². The van der Waals surface area contributed by atoms with E-state index in [-0.39, 0.29) is 18.3 Å². The molecule has 1 saturated heterocycles. The molecule has 1 aromatic heterocycles. The summed E-state index contributed by atoms with van der Waals surface area (Å²) >= 11 is 1.44. The van der Waals surface area contributed by atoms with Crippen molar-refractivity contribution in [2.24, 2.45) is 0 Å². The topological polar surface area (TPSA) is 41.6 Å². The minimum Gasteiger partial charge on any atom is -0.495 e. The summed E-state index contributed by atoms with van der Waals surface area (Å²) in [4.78, 5) is 14.8. The van der Waals surface area contributed by atoms with Gasteiger partial charge in [0.15, 0.2) is 0 Å². The van der Waals surface area contributed by atoms with Gasteiger partial charge in [-0.25, -0.2) is 0 Å². The molecule has 0 bridgehead atoms. The number of rotatable bonds is 2. The van der Waals surface area contributed by atoms with Gasteiger partial charge in [0.05, 0.1) is 7.11 Å². The van der Waals surface area contributed by atoms with Gasteiger partial charge >= 0.3 is 0 Å². The first-order valence-corrected chi connectivity index (χ1v) is 6.24. The first kappa shape index (κ1) is 14.3. The molecule has 2 heterocycles. The summed E-state index contributed by atoms with van der Waals surface area (Å²) in [6.07, 6.45) is 0. The maximum atomic E-state index is 12.2. The van der Waals surface area contributed by atoms with Crippen LogP contribution in [0.2, 0.25) is 0 Å². The molecule has 1 unspecified atom stereocenters. The number of amides is 1. The number of piperazine rings is 1. The maximum Gasteiger partial charge on any atom is 0.267 e. The molecule has 4 nitrogen and oxygen atoms in total. The molecule has 0 radical (unpaired) electrons. The number of carbonyl (C=O) groups excluding carboxylic acids is 1. The zero-order chi connectivity index (χ0) is 11.5. The number of ether oxygens (including phenoxy) is 1. The van der Waals surface area contributed by atoms with E-state index in [1.54, 1.807) is 7.11 Å². The predicted molar refractivity (Wildman–Crippen MR) is 71.5 cm³/mol. The Labute approximate surface area is 111 Å². The highest BCUT2D eigenvalue weighted by Crippen LogP contribution is 2.26. The van der Waals surface area contributed by atoms with E-state index < -0.39 is 0 Å². The van der Waals surface area contributed by atoms with Crippen molar-refractivity contribution in [2.75, 3.05) is 26.7 Å². The van der Waals surface area contributed by atoms with E-state index in [9.17, 15) is 4.79 Å². The molecule has 1 N–H and O–H groups in total. The van der Waals surface area contributed by atoms with Gasteiger partial charge < -0.3 is 15.0 Å². The van der Waals surface area contributed by atoms with Crippen molar-refractivity contribution in [3.63, 3.8) is 0 Å². The Kier molecular flexibility index (Phi) is 5.24. The largest absolute Gasteiger partial charge is 0.495 e. The summed E-state index contributed by atoms with van der Waals surface area (Å²) in [7, 11) is 1.60. The van der Waals surface area contributed by atoms with Gasteiger partial charge in [0.2, 0.25) is 0 Å². The lowest BCUT2D eigenvalue weighted by Crippen LogP contribution is -2.51. The molecule has 1 aliphatic heterocycles. The van der Waals surface area contributed by atoms with Crippen molar-refractivity contribution >= 4 is 29.7 Å². The van der Waals surface area contributed by atoms with Crippen LogP contribution in [0.5, 0.6) is 5.75 Å². The second-order valence-electron chi connectivity index (χ2n) is 3.92. The molecule has 0 saturated carbocycles. The number of thiophene rings is 1. The minimum absolute atomic E-state index is 0. The molecule has 6 heteroatoms. The first-order valence-electron chi connectivity index (χ1n) is 5.36. The predicted octanol–water partition coefficient (Wildman–Crippen LogP) is 1.61. The van der Waals surface area contributed by atoms with E-state index >= 15 is 0 Å². The number of hydrogen-bond donors (Lipinski definition) is 1. The summed E-state index contributed by atoms with van der Waals surface area (Å²) in [5.74, 6) is 0.765. The third-order valence-corrected chi connectivity index (χ3v) is 3.58. The normalized spacial score (nSPS) is 19.6. The highest BCUT2D eigenvalue weighted by atomic mass is 35.5. The standard InChI is InChI=1S/C11H16N2O2S.ClH/c1-8-7-13(5-4-12-8)11(14)10-9(15-2)3-6-16-10;/h3,6,8,12H,4-5,7H2,1-2H3;1H. The third kappa shape index (κ3) is 3.12. The number of carbonyl (C=O) groups is 1. The van der Waals surface area contributed by atoms with E-state index in [0.29, 0.717) is 16.7 Å². The Balaban J connectivity index is 0.00000144. The molecule has 0 spiro atoms. The van der Waals surface area contributed by atoms with E-state index in [0.717, 1.165) is 19.6 Å². The molecule has 96 valence electrons. The lowest BCUT2D eigenvalue weighted by Gasteiger charge is -2.31. The highest BCUT2D eigenvalue weighted by Gasteiger charge is 2.24. The van der Waals surface area contributed by atoms with Gasteiger partial charge in [-0.2, -0.15) is 0 Å². The van der Waals surface area contributed by atoms with Gasteiger partial charge in [-0.3, -0.25) is 4.79 Å². The summed E-state index contributed by atoms with van der Waals surface area (Å²) in [5, 5.41) is 5.21. The van der Waals surface area contributed by atoms with E-state index in [1.165, 1.54) is 11.3 Å². The van der Waals surface area contributed by atoms with E-state index in [1.807, 2.05) is 16.3 Å². The van der Waals surface area contributed by atoms with E-state index in [2.05, 4.69) is 12.2 Å². The Morgan fingerprint density at radius 3 is 3.06 bits per heavy atom. The summed E-state index contributed by atoms with van der Waals surface area (Å²) < 4.78 is 5.17. The van der Waals surface area contributed by atoms with Crippen molar-refractivity contribution in [2.45, 2.75) is 13.0 Å². The second kappa shape index (κ2) is 6.23. The second-order valence-corrected chi connectivity index (χ2v) is 4.84. The number of nitrogens with zero attached hydrogens (tertiary/aromatic N) is 1. The molecular formula is C11H17ClN2O2S. The van der Waals surface area contributed by atoms with Gasteiger partial charge in [-0.15, -0.1) is 23.7 Å². The fourth-order valence-corrected chi connectivity index (χ4v) is 2.70. The Hall–Kier alpha value is -0.780. The zero-order valence-corrected chi connectivity index (χ0v) is 11.6. The molecule has 2 rings (SSSR count). The Morgan fingerprint density at radius 1 is 1.65 bits per heavy atom. The molecule has 0 aliphatic carbocycles. The minimum atomic E-state index is 0. The molecule has 1 aromatic rings. The molecule has 1 amide bonds. The smallest absolute Gasteiger partial charge is 0.267 e. The third-order valence-electron chi connectivity index (χ3n) is 2.70. The van der Waals surface area contributed by atoms with Crippen molar-refractivity contribution in [1.82, 2.24) is 10.2 Å². The average molecular weight is 277 g/mol. The summed E-state index contributed by atoms with van der Waals surface area (Å²) in [6.45, 7) is 4.48. The van der Waals surface area contributed by atoms with Gasteiger partial charge in [-0.05, 0) is 18.4 Å². The Morgan fingerprint density at radius 2 is 2.41 bits per heavy atom. The van der Waals surface area contributed by atoms with Gasteiger partial charge in [0, 0.05) is 25.7 Å². The molecule has 1 aliphatic rings. The SMILES string of the molecule is COc1ccsc1C(=O)N1CCNC(C)C1.Cl. The highest BCUT2D eigenvalue weighted by molar-refractivity contribution is 7.12. The van der Waals surface area contributed by atoms with Gasteiger partial charge in [0.25, 0.3) is 5.91 Å². The lowest BCUT2D eigenvalue weighted by molar-refractivity contribution is 0.0711. The van der Waals surface area contributed by atoms with Crippen LogP contribution in [0.1, 0.15) is 16.6 Å². The molecule has 1 atom stereocenters. The van der Waals surface area contributed by atoms with Crippen molar-refractivity contribution in [3.8, 4) is 5.75 Å². The van der Waals surface area contributed by atoms with Crippen LogP contribution < -0.4 is 10.1 Å². The maximum absolute atomic E-state index is 12.2. The quantitative estimate of drug-likeness (QED) is 0.892. The number of hydrogen-bond acceptors (Lipinski definition) is 4. The van der Waals surface area contributed by atoms with Crippen molar-refractivity contribution < 1.29 is 9.53 Å². The van der Waals surface area contributed by atoms with Crippen LogP contribution in [-0.2, 0) is 0 Å². The van der Waals surface area contributed by atoms with Crippen LogP contribution in [0.15, 0.2) is 11.4 Å². The molecule has 0 aromatic carbocycles. The van der Waals surface area contributed by atoms with Crippen LogP contribution in [0.3, 0.4) is 0 Å². The monoisotopic (exact) mass is 276 g/mol. The lowest BCUT2D eigenvalue weighted by atomic mass is 10.2.